The van der Waals surface area contributed by atoms with Crippen LogP contribution in [0.4, 0.5) is 10.5 Å². The summed E-state index contributed by atoms with van der Waals surface area (Å²) in [4.78, 5) is 36.5. The Morgan fingerprint density at radius 1 is 1.17 bits per heavy atom. The summed E-state index contributed by atoms with van der Waals surface area (Å²) in [5.41, 5.74) is -0.116. The van der Waals surface area contributed by atoms with Crippen LogP contribution in [0.2, 0.25) is 5.02 Å². The van der Waals surface area contributed by atoms with Crippen LogP contribution >= 0.6 is 11.6 Å². The fourth-order valence-corrected chi connectivity index (χ4v) is 3.29. The minimum atomic E-state index is -0.622. The first kappa shape index (κ1) is 20.6. The maximum Gasteiger partial charge on any atom is 0.415 e. The third-order valence-corrected chi connectivity index (χ3v) is 5.10. The topological polar surface area (TPSA) is 102 Å². The summed E-state index contributed by atoms with van der Waals surface area (Å²) in [5, 5.41) is 13.7. The molecule has 0 saturated carbocycles. The largest absolute Gasteiger partial charge is 0.415 e. The summed E-state index contributed by atoms with van der Waals surface area (Å²) in [6.07, 6.45) is 1.07. The molecule has 3 rings (SSSR count). The number of carbonyl (C=O) groups is 2. The second-order valence-corrected chi connectivity index (χ2v) is 7.15. The fourth-order valence-electron chi connectivity index (χ4n) is 3.11. The molecule has 9 heteroatoms. The molecular formula is C20H20ClN3O5. The van der Waals surface area contributed by atoms with Gasteiger partial charge in [-0.3, -0.25) is 14.9 Å². The zero-order chi connectivity index (χ0) is 20.8. The number of rotatable bonds is 5. The first-order chi connectivity index (χ1) is 13.9. The van der Waals surface area contributed by atoms with E-state index in [0.29, 0.717) is 25.4 Å². The van der Waals surface area contributed by atoms with Crippen molar-refractivity contribution in [3.05, 3.63) is 69.2 Å². The maximum absolute atomic E-state index is 12.3. The Kier molecular flexibility index (Phi) is 6.66. The van der Waals surface area contributed by atoms with Gasteiger partial charge < -0.3 is 15.0 Å². The number of nitrogens with zero attached hydrogens (tertiary/aromatic N) is 2. The SMILES string of the molecule is O=C(NCC1CCN(C(=O)Oc2ccccc2)CC1)c1ccc(Cl)c([N+](=O)[O-])c1. The molecule has 0 spiro atoms. The molecule has 1 aliphatic heterocycles. The van der Waals surface area contributed by atoms with Gasteiger partial charge in [0.1, 0.15) is 10.8 Å². The third kappa shape index (κ3) is 5.45. The standard InChI is InChI=1S/C20H20ClN3O5/c21-17-7-6-15(12-18(17)24(27)28)19(25)22-13-14-8-10-23(11-9-14)20(26)29-16-4-2-1-3-5-16/h1-7,12,14H,8-11,13H2,(H,22,25). The van der Waals surface area contributed by atoms with E-state index >= 15 is 0 Å². The average molecular weight is 418 g/mol. The highest BCUT2D eigenvalue weighted by Gasteiger charge is 2.25. The maximum atomic E-state index is 12.3. The van der Waals surface area contributed by atoms with Gasteiger partial charge in [-0.15, -0.1) is 0 Å². The number of hydrogen-bond acceptors (Lipinski definition) is 5. The lowest BCUT2D eigenvalue weighted by molar-refractivity contribution is -0.384. The molecule has 1 saturated heterocycles. The molecule has 1 N–H and O–H groups in total. The van der Waals surface area contributed by atoms with Crippen LogP contribution in [0.25, 0.3) is 0 Å². The number of para-hydroxylation sites is 1. The van der Waals surface area contributed by atoms with E-state index in [2.05, 4.69) is 5.32 Å². The highest BCUT2D eigenvalue weighted by atomic mass is 35.5. The van der Waals surface area contributed by atoms with Crippen LogP contribution in [0.1, 0.15) is 23.2 Å². The van der Waals surface area contributed by atoms with Crippen LogP contribution in [-0.2, 0) is 0 Å². The van der Waals surface area contributed by atoms with E-state index in [9.17, 15) is 19.7 Å². The van der Waals surface area contributed by atoms with Gasteiger partial charge in [-0.1, -0.05) is 29.8 Å². The molecule has 8 nitrogen and oxygen atoms in total. The molecule has 29 heavy (non-hydrogen) atoms. The smallest absolute Gasteiger partial charge is 0.410 e. The molecule has 0 aromatic heterocycles. The number of benzene rings is 2. The monoisotopic (exact) mass is 417 g/mol. The molecule has 0 bridgehead atoms. The van der Waals surface area contributed by atoms with Crippen molar-refractivity contribution in [1.29, 1.82) is 0 Å². The number of hydrogen-bond donors (Lipinski definition) is 1. The molecule has 1 aliphatic rings. The zero-order valence-corrected chi connectivity index (χ0v) is 16.3. The van der Waals surface area contributed by atoms with Crippen LogP contribution in [0, 0.1) is 16.0 Å². The molecule has 2 aromatic rings. The van der Waals surface area contributed by atoms with Crippen molar-refractivity contribution < 1.29 is 19.2 Å². The van der Waals surface area contributed by atoms with Crippen molar-refractivity contribution in [2.24, 2.45) is 5.92 Å². The van der Waals surface area contributed by atoms with E-state index in [1.54, 1.807) is 29.2 Å². The predicted molar refractivity (Wildman–Crippen MR) is 107 cm³/mol. The van der Waals surface area contributed by atoms with Gasteiger partial charge in [0.15, 0.2) is 0 Å². The van der Waals surface area contributed by atoms with Gasteiger partial charge in [-0.05, 0) is 43.0 Å². The molecule has 0 atom stereocenters. The van der Waals surface area contributed by atoms with Crippen molar-refractivity contribution >= 4 is 29.3 Å². The number of halogens is 1. The van der Waals surface area contributed by atoms with E-state index in [4.69, 9.17) is 16.3 Å². The van der Waals surface area contributed by atoms with Crippen LogP contribution in [0.5, 0.6) is 5.75 Å². The van der Waals surface area contributed by atoms with Crippen molar-refractivity contribution in [2.45, 2.75) is 12.8 Å². The van der Waals surface area contributed by atoms with Crippen LogP contribution < -0.4 is 10.1 Å². The average Bonchev–Trinajstić information content (AvgIpc) is 2.73. The van der Waals surface area contributed by atoms with Crippen LogP contribution in [-0.4, -0.2) is 41.5 Å². The Morgan fingerprint density at radius 3 is 2.52 bits per heavy atom. The number of piperidine rings is 1. The van der Waals surface area contributed by atoms with Crippen molar-refractivity contribution in [3.63, 3.8) is 0 Å². The lowest BCUT2D eigenvalue weighted by atomic mass is 9.97. The molecule has 0 radical (unpaired) electrons. The summed E-state index contributed by atoms with van der Waals surface area (Å²) in [6.45, 7) is 1.51. The van der Waals surface area contributed by atoms with E-state index in [-0.39, 0.29) is 28.3 Å². The number of ether oxygens (including phenoxy) is 1. The lowest BCUT2D eigenvalue weighted by Crippen LogP contribution is -2.42. The highest BCUT2D eigenvalue weighted by Crippen LogP contribution is 2.25. The summed E-state index contributed by atoms with van der Waals surface area (Å²) < 4.78 is 5.34. The van der Waals surface area contributed by atoms with Gasteiger partial charge in [-0.2, -0.15) is 0 Å². The Hall–Kier alpha value is -3.13. The third-order valence-electron chi connectivity index (χ3n) is 4.78. The molecule has 0 aliphatic carbocycles. The summed E-state index contributed by atoms with van der Waals surface area (Å²) >= 11 is 5.77. The van der Waals surface area contributed by atoms with Crippen molar-refractivity contribution in [1.82, 2.24) is 10.2 Å². The molecule has 2 aromatic carbocycles. The quantitative estimate of drug-likeness (QED) is 0.587. The van der Waals surface area contributed by atoms with Crippen LogP contribution in [0.15, 0.2) is 48.5 Å². The first-order valence-corrected chi connectivity index (χ1v) is 9.56. The number of nitrogens with one attached hydrogen (secondary N) is 1. The number of likely N-dealkylation sites (tertiary alicyclic amines) is 1. The van der Waals surface area contributed by atoms with Gasteiger partial charge in [0.2, 0.25) is 0 Å². The molecule has 152 valence electrons. The summed E-state index contributed by atoms with van der Waals surface area (Å²) in [7, 11) is 0. The Morgan fingerprint density at radius 2 is 1.86 bits per heavy atom. The number of nitro benzene ring substituents is 1. The number of amides is 2. The normalized spacial score (nSPS) is 14.3. The minimum absolute atomic E-state index is 0.0127. The molecule has 2 amide bonds. The summed E-state index contributed by atoms with van der Waals surface area (Å²) in [5.74, 6) is 0.321. The fraction of sp³-hybridized carbons (Fsp3) is 0.300. The van der Waals surface area contributed by atoms with E-state index < -0.39 is 10.8 Å². The Balaban J connectivity index is 1.46. The van der Waals surface area contributed by atoms with E-state index in [1.165, 1.54) is 18.2 Å². The van der Waals surface area contributed by atoms with Gasteiger partial charge in [0, 0.05) is 31.3 Å². The molecule has 0 unspecified atom stereocenters. The molecule has 1 heterocycles. The lowest BCUT2D eigenvalue weighted by Gasteiger charge is -2.31. The first-order valence-electron chi connectivity index (χ1n) is 9.18. The van der Waals surface area contributed by atoms with Gasteiger partial charge >= 0.3 is 6.09 Å². The summed E-state index contributed by atoms with van der Waals surface area (Å²) in [6, 6.07) is 12.8. The highest BCUT2D eigenvalue weighted by molar-refractivity contribution is 6.32. The second-order valence-electron chi connectivity index (χ2n) is 6.74. The van der Waals surface area contributed by atoms with Crippen LogP contribution in [0.3, 0.4) is 0 Å². The molecular weight excluding hydrogens is 398 g/mol. The van der Waals surface area contributed by atoms with Crippen molar-refractivity contribution in [2.75, 3.05) is 19.6 Å². The van der Waals surface area contributed by atoms with Crippen molar-refractivity contribution in [3.8, 4) is 5.75 Å². The minimum Gasteiger partial charge on any atom is -0.410 e. The van der Waals surface area contributed by atoms with Gasteiger partial charge in [-0.25, -0.2) is 4.79 Å². The Labute approximate surface area is 172 Å². The van der Waals surface area contributed by atoms with Gasteiger partial charge in [0.25, 0.3) is 11.6 Å². The number of carbonyl (C=O) groups excluding carboxylic acids is 2. The predicted octanol–water partition coefficient (Wildman–Crippen LogP) is 3.89. The van der Waals surface area contributed by atoms with Gasteiger partial charge in [0.05, 0.1) is 4.92 Å². The number of nitro groups is 1. The molecule has 1 fully saturated rings. The van der Waals surface area contributed by atoms with E-state index in [0.717, 1.165) is 12.8 Å². The second kappa shape index (κ2) is 9.38. The Bertz CT molecular complexity index is 898. The zero-order valence-electron chi connectivity index (χ0n) is 15.5. The van der Waals surface area contributed by atoms with E-state index in [1.807, 2.05) is 6.07 Å².